The van der Waals surface area contributed by atoms with E-state index in [1.54, 1.807) is 34.6 Å². The molecule has 2 N–H and O–H groups in total. The molecular weight excluding hydrogens is 488 g/mol. The van der Waals surface area contributed by atoms with Crippen molar-refractivity contribution in [2.45, 2.75) is 110 Å². The van der Waals surface area contributed by atoms with E-state index in [-0.39, 0.29) is 50.9 Å². The van der Waals surface area contributed by atoms with Crippen LogP contribution in [-0.2, 0) is 35.1 Å². The van der Waals surface area contributed by atoms with Crippen LogP contribution in [0.4, 0.5) is 4.79 Å². The number of hydrogen-bond donors (Lipinski definition) is 2. The lowest BCUT2D eigenvalue weighted by Gasteiger charge is -2.35. The lowest BCUT2D eigenvalue weighted by molar-refractivity contribution is -0.255. The third-order valence-electron chi connectivity index (χ3n) is 6.30. The topological polar surface area (TPSA) is 112 Å². The van der Waals surface area contributed by atoms with Gasteiger partial charge in [-0.05, 0) is 58.9 Å². The van der Waals surface area contributed by atoms with Gasteiger partial charge in [-0.1, -0.05) is 49.6 Å². The van der Waals surface area contributed by atoms with E-state index in [0.717, 1.165) is 37.7 Å². The number of esters is 1. The highest BCUT2D eigenvalue weighted by Crippen LogP contribution is 2.28. The van der Waals surface area contributed by atoms with E-state index in [2.05, 4.69) is 10.6 Å². The number of ether oxygens (including phenoxy) is 4. The summed E-state index contributed by atoms with van der Waals surface area (Å²) >= 11 is 0. The standard InChI is InChI=1S/C29H46N2O7/c1-6-36-29(37-7-2,19-18-26(33)38-28(3,4)5)31-25(32)20-24(23-16-12-9-13-17-23)30-27(34)35-21-22-14-10-8-11-15-22/h8,10-11,14-15,23-24H,6-7,9,12-13,16-21H2,1-5H3,(H,30,34)(H,31,32). The van der Waals surface area contributed by atoms with E-state index in [0.29, 0.717) is 0 Å². The lowest BCUT2D eigenvalue weighted by Crippen LogP contribution is -2.55. The van der Waals surface area contributed by atoms with Crippen LogP contribution in [0.15, 0.2) is 30.3 Å². The molecule has 38 heavy (non-hydrogen) atoms. The van der Waals surface area contributed by atoms with Gasteiger partial charge < -0.3 is 29.6 Å². The second kappa shape index (κ2) is 15.7. The molecule has 1 aromatic carbocycles. The Morgan fingerprint density at radius 1 is 0.974 bits per heavy atom. The molecule has 0 spiro atoms. The molecule has 1 aromatic rings. The molecule has 9 nitrogen and oxygen atoms in total. The van der Waals surface area contributed by atoms with Crippen LogP contribution in [0.3, 0.4) is 0 Å². The van der Waals surface area contributed by atoms with Crippen LogP contribution in [0, 0.1) is 5.92 Å². The van der Waals surface area contributed by atoms with Crippen molar-refractivity contribution in [3.8, 4) is 0 Å². The second-order valence-electron chi connectivity index (χ2n) is 10.7. The number of benzene rings is 1. The third-order valence-corrected chi connectivity index (χ3v) is 6.30. The van der Waals surface area contributed by atoms with Gasteiger partial charge >= 0.3 is 12.1 Å². The normalized spacial score (nSPS) is 15.4. The molecule has 0 bridgehead atoms. The highest BCUT2D eigenvalue weighted by molar-refractivity contribution is 5.78. The van der Waals surface area contributed by atoms with Crippen LogP contribution in [-0.4, -0.2) is 48.7 Å². The fourth-order valence-electron chi connectivity index (χ4n) is 4.70. The molecule has 1 aliphatic rings. The third kappa shape index (κ3) is 11.8. The predicted octanol–water partition coefficient (Wildman–Crippen LogP) is 5.22. The molecule has 1 fully saturated rings. The number of amides is 2. The first-order chi connectivity index (χ1) is 18.1. The Labute approximate surface area is 227 Å². The van der Waals surface area contributed by atoms with Gasteiger partial charge in [0.2, 0.25) is 5.91 Å². The van der Waals surface area contributed by atoms with Crippen molar-refractivity contribution in [1.29, 1.82) is 0 Å². The number of nitrogens with one attached hydrogen (secondary N) is 2. The first-order valence-electron chi connectivity index (χ1n) is 13.8. The van der Waals surface area contributed by atoms with Gasteiger partial charge in [-0.3, -0.25) is 9.59 Å². The molecule has 2 amide bonds. The van der Waals surface area contributed by atoms with Crippen molar-refractivity contribution in [2.75, 3.05) is 13.2 Å². The van der Waals surface area contributed by atoms with E-state index < -0.39 is 29.6 Å². The SMILES string of the molecule is CCOC(CCC(=O)OC(C)(C)C)(NC(=O)CC(NC(=O)OCc1ccccc1)C1CCCCC1)OCC. The van der Waals surface area contributed by atoms with Crippen LogP contribution in [0.1, 0.15) is 91.5 Å². The Balaban J connectivity index is 2.06. The molecular formula is C29H46N2O7. The summed E-state index contributed by atoms with van der Waals surface area (Å²) in [5.41, 5.74) is 0.270. The van der Waals surface area contributed by atoms with Crippen LogP contribution in [0.2, 0.25) is 0 Å². The Morgan fingerprint density at radius 3 is 2.18 bits per heavy atom. The van der Waals surface area contributed by atoms with Crippen molar-refractivity contribution in [1.82, 2.24) is 10.6 Å². The largest absolute Gasteiger partial charge is 0.460 e. The maximum Gasteiger partial charge on any atom is 0.407 e. The summed E-state index contributed by atoms with van der Waals surface area (Å²) in [7, 11) is 0. The van der Waals surface area contributed by atoms with Gasteiger partial charge in [0.15, 0.2) is 0 Å². The highest BCUT2D eigenvalue weighted by atomic mass is 16.7. The Hall–Kier alpha value is -2.65. The summed E-state index contributed by atoms with van der Waals surface area (Å²) in [4.78, 5) is 38.3. The zero-order valence-corrected chi connectivity index (χ0v) is 23.7. The molecule has 1 saturated carbocycles. The molecule has 2 rings (SSSR count). The van der Waals surface area contributed by atoms with Crippen LogP contribution in [0.25, 0.3) is 0 Å². The summed E-state index contributed by atoms with van der Waals surface area (Å²) in [6.07, 6.45) is 4.71. The van der Waals surface area contributed by atoms with E-state index in [1.807, 2.05) is 30.3 Å². The number of carbonyl (C=O) groups excluding carboxylic acids is 3. The quantitative estimate of drug-likeness (QED) is 0.249. The smallest absolute Gasteiger partial charge is 0.407 e. The monoisotopic (exact) mass is 534 g/mol. The average Bonchev–Trinajstić information content (AvgIpc) is 2.86. The zero-order chi connectivity index (χ0) is 28.0. The van der Waals surface area contributed by atoms with Crippen LogP contribution in [0.5, 0.6) is 0 Å². The van der Waals surface area contributed by atoms with Crippen molar-refractivity contribution >= 4 is 18.0 Å². The molecule has 9 heteroatoms. The molecule has 0 radical (unpaired) electrons. The van der Waals surface area contributed by atoms with Gasteiger partial charge in [0.05, 0.1) is 6.42 Å². The number of alkyl carbamates (subject to hydrolysis) is 1. The van der Waals surface area contributed by atoms with Gasteiger partial charge in [0.25, 0.3) is 5.91 Å². The first kappa shape index (κ1) is 31.6. The highest BCUT2D eigenvalue weighted by Gasteiger charge is 2.37. The average molecular weight is 535 g/mol. The fraction of sp³-hybridized carbons (Fsp3) is 0.690. The minimum Gasteiger partial charge on any atom is -0.460 e. The number of hydrogen-bond acceptors (Lipinski definition) is 7. The summed E-state index contributed by atoms with van der Waals surface area (Å²) in [5.74, 6) is -2.05. The molecule has 1 unspecified atom stereocenters. The molecule has 0 aliphatic heterocycles. The molecule has 1 aliphatic carbocycles. The van der Waals surface area contributed by atoms with Crippen LogP contribution >= 0.6 is 0 Å². The van der Waals surface area contributed by atoms with Gasteiger partial charge in [-0.25, -0.2) is 4.79 Å². The Morgan fingerprint density at radius 2 is 1.61 bits per heavy atom. The number of rotatable bonds is 14. The Bertz CT molecular complexity index is 857. The zero-order valence-electron chi connectivity index (χ0n) is 23.7. The summed E-state index contributed by atoms with van der Waals surface area (Å²) in [6.45, 7) is 9.68. The van der Waals surface area contributed by atoms with Gasteiger partial charge in [-0.2, -0.15) is 0 Å². The first-order valence-corrected chi connectivity index (χ1v) is 13.8. The maximum atomic E-state index is 13.3. The molecule has 0 aromatic heterocycles. The predicted molar refractivity (Wildman–Crippen MR) is 144 cm³/mol. The van der Waals surface area contributed by atoms with Gasteiger partial charge in [0.1, 0.15) is 12.2 Å². The maximum absolute atomic E-state index is 13.3. The Kier molecular flexibility index (Phi) is 13.0. The minimum absolute atomic E-state index is 0.00760. The summed E-state index contributed by atoms with van der Waals surface area (Å²) in [6, 6.07) is 9.05. The van der Waals surface area contributed by atoms with Crippen molar-refractivity contribution in [2.24, 2.45) is 5.92 Å². The minimum atomic E-state index is -1.47. The van der Waals surface area contributed by atoms with E-state index in [9.17, 15) is 14.4 Å². The second-order valence-corrected chi connectivity index (χ2v) is 10.7. The van der Waals surface area contributed by atoms with E-state index in [1.165, 1.54) is 0 Å². The van der Waals surface area contributed by atoms with Crippen molar-refractivity contribution in [3.05, 3.63) is 35.9 Å². The van der Waals surface area contributed by atoms with Gasteiger partial charge in [0, 0.05) is 32.1 Å². The lowest BCUT2D eigenvalue weighted by atomic mass is 9.82. The number of carbonyl (C=O) groups is 3. The molecule has 0 saturated heterocycles. The van der Waals surface area contributed by atoms with Crippen molar-refractivity contribution in [3.63, 3.8) is 0 Å². The van der Waals surface area contributed by atoms with Gasteiger partial charge in [-0.15, -0.1) is 0 Å². The van der Waals surface area contributed by atoms with E-state index in [4.69, 9.17) is 18.9 Å². The van der Waals surface area contributed by atoms with Crippen LogP contribution < -0.4 is 10.6 Å². The summed E-state index contributed by atoms with van der Waals surface area (Å²) in [5, 5.41) is 5.80. The van der Waals surface area contributed by atoms with E-state index >= 15 is 0 Å². The molecule has 0 heterocycles. The van der Waals surface area contributed by atoms with Crippen molar-refractivity contribution < 1.29 is 33.3 Å². The molecule has 214 valence electrons. The molecule has 1 atom stereocenters. The fourth-order valence-corrected chi connectivity index (χ4v) is 4.70. The summed E-state index contributed by atoms with van der Waals surface area (Å²) < 4.78 is 22.5.